The molecule has 0 unspecified atom stereocenters. The van der Waals surface area contributed by atoms with Crippen molar-refractivity contribution in [2.24, 2.45) is 0 Å². The van der Waals surface area contributed by atoms with Gasteiger partial charge in [-0.2, -0.15) is 0 Å². The minimum Gasteiger partial charge on any atom is -0.476 e. The summed E-state index contributed by atoms with van der Waals surface area (Å²) < 4.78 is 5.86. The Morgan fingerprint density at radius 2 is 1.50 bits per heavy atom. The quantitative estimate of drug-likeness (QED) is 0.634. The third kappa shape index (κ3) is 4.74. The van der Waals surface area contributed by atoms with E-state index in [1.807, 2.05) is 24.3 Å². The van der Waals surface area contributed by atoms with E-state index >= 15 is 0 Å². The molecule has 0 spiro atoms. The third-order valence-electron chi connectivity index (χ3n) is 3.76. The summed E-state index contributed by atoms with van der Waals surface area (Å²) in [4.78, 5) is 11.2. The van der Waals surface area contributed by atoms with Gasteiger partial charge in [0.15, 0.2) is 0 Å². The van der Waals surface area contributed by atoms with E-state index in [-0.39, 0.29) is 17.7 Å². The normalized spacial score (nSPS) is 10.9. The zero-order valence-corrected chi connectivity index (χ0v) is 15.0. The number of aromatic nitrogens is 3. The van der Waals surface area contributed by atoms with Gasteiger partial charge >= 0.3 is 5.97 Å². The molecular formula is C18H15Cl2N3O3. The molecule has 0 saturated carbocycles. The molecule has 1 heterocycles. The zero-order valence-electron chi connectivity index (χ0n) is 13.5. The third-order valence-corrected chi connectivity index (χ3v) is 4.27. The van der Waals surface area contributed by atoms with Crippen LogP contribution in [0, 0.1) is 0 Å². The van der Waals surface area contributed by atoms with Crippen LogP contribution in [0.25, 0.3) is 0 Å². The van der Waals surface area contributed by atoms with E-state index in [2.05, 4.69) is 15.4 Å². The van der Waals surface area contributed by atoms with Crippen LogP contribution in [0.2, 0.25) is 10.0 Å². The number of carboxylic acid groups (broad SMARTS) is 1. The molecule has 0 amide bonds. The van der Waals surface area contributed by atoms with Crippen LogP contribution in [-0.2, 0) is 12.8 Å². The largest absolute Gasteiger partial charge is 0.476 e. The Morgan fingerprint density at radius 3 is 1.96 bits per heavy atom. The van der Waals surface area contributed by atoms with Crippen LogP contribution < -0.4 is 4.74 Å². The van der Waals surface area contributed by atoms with Gasteiger partial charge in [-0.05, 0) is 35.4 Å². The molecule has 134 valence electrons. The van der Waals surface area contributed by atoms with Gasteiger partial charge < -0.3 is 9.84 Å². The smallest absolute Gasteiger partial charge is 0.359 e. The standard InChI is InChI=1S/C18H15Cl2N3O3/c19-13-5-1-11(2-6-13)9-15(10-12-3-7-14(20)8-4-12)26-17-16(18(24)25)21-23-22-17/h1-8,15H,9-10H2,(H,24,25)(H,21,22,23). The highest BCUT2D eigenvalue weighted by Gasteiger charge is 2.21. The number of H-pyrrole nitrogens is 1. The van der Waals surface area contributed by atoms with Gasteiger partial charge in [-0.15, -0.1) is 0 Å². The van der Waals surface area contributed by atoms with Crippen molar-refractivity contribution in [1.29, 1.82) is 0 Å². The monoisotopic (exact) mass is 391 g/mol. The van der Waals surface area contributed by atoms with Gasteiger partial charge in [-0.3, -0.25) is 0 Å². The maximum absolute atomic E-state index is 11.2. The summed E-state index contributed by atoms with van der Waals surface area (Å²) in [5.41, 5.74) is 1.84. The number of aromatic carboxylic acids is 1. The number of ether oxygens (including phenoxy) is 1. The van der Waals surface area contributed by atoms with Crippen LogP contribution in [0.1, 0.15) is 21.6 Å². The second-order valence-corrected chi connectivity index (χ2v) is 6.57. The van der Waals surface area contributed by atoms with E-state index in [4.69, 9.17) is 27.9 Å². The van der Waals surface area contributed by atoms with E-state index in [0.717, 1.165) is 11.1 Å². The van der Waals surface area contributed by atoms with Crippen molar-refractivity contribution in [3.05, 3.63) is 75.4 Å². The lowest BCUT2D eigenvalue weighted by atomic mass is 10.0. The van der Waals surface area contributed by atoms with Crippen LogP contribution in [-0.4, -0.2) is 32.6 Å². The van der Waals surface area contributed by atoms with Gasteiger partial charge in [-0.1, -0.05) is 57.8 Å². The fourth-order valence-electron chi connectivity index (χ4n) is 2.52. The number of rotatable bonds is 7. The summed E-state index contributed by atoms with van der Waals surface area (Å²) in [6, 6.07) is 14.8. The van der Waals surface area contributed by atoms with Gasteiger partial charge in [0, 0.05) is 22.9 Å². The maximum atomic E-state index is 11.2. The number of nitrogens with zero attached hydrogens (tertiary/aromatic N) is 2. The second-order valence-electron chi connectivity index (χ2n) is 5.70. The molecule has 3 rings (SSSR count). The molecule has 2 N–H and O–H groups in total. The van der Waals surface area contributed by atoms with Crippen LogP contribution in [0.5, 0.6) is 5.88 Å². The highest BCUT2D eigenvalue weighted by atomic mass is 35.5. The van der Waals surface area contributed by atoms with Crippen LogP contribution in [0.15, 0.2) is 48.5 Å². The van der Waals surface area contributed by atoms with Gasteiger partial charge in [0.2, 0.25) is 5.69 Å². The number of nitrogens with one attached hydrogen (secondary N) is 1. The van der Waals surface area contributed by atoms with E-state index in [1.54, 1.807) is 24.3 Å². The van der Waals surface area contributed by atoms with Gasteiger partial charge in [0.1, 0.15) is 6.10 Å². The predicted octanol–water partition coefficient (Wildman–Crippen LogP) is 4.04. The van der Waals surface area contributed by atoms with Crippen LogP contribution in [0.3, 0.4) is 0 Å². The molecule has 6 nitrogen and oxygen atoms in total. The molecule has 0 aliphatic heterocycles. The first-order valence-corrected chi connectivity index (χ1v) is 8.57. The molecule has 8 heteroatoms. The number of halogens is 2. The van der Waals surface area contributed by atoms with E-state index in [0.29, 0.717) is 22.9 Å². The van der Waals surface area contributed by atoms with Crippen molar-refractivity contribution < 1.29 is 14.6 Å². The van der Waals surface area contributed by atoms with Crippen molar-refractivity contribution >= 4 is 29.2 Å². The molecule has 3 aromatic rings. The summed E-state index contributed by atoms with van der Waals surface area (Å²) >= 11 is 11.9. The fraction of sp³-hybridized carbons (Fsp3) is 0.167. The average molecular weight is 392 g/mol. The molecule has 26 heavy (non-hydrogen) atoms. The van der Waals surface area contributed by atoms with Crippen molar-refractivity contribution in [1.82, 2.24) is 15.4 Å². The summed E-state index contributed by atoms with van der Waals surface area (Å²) in [5, 5.41) is 20.1. The number of hydrogen-bond donors (Lipinski definition) is 2. The Balaban J connectivity index is 1.82. The van der Waals surface area contributed by atoms with Crippen molar-refractivity contribution in [3.8, 4) is 5.88 Å². The Kier molecular flexibility index (Phi) is 5.75. The fourth-order valence-corrected chi connectivity index (χ4v) is 2.77. The highest BCUT2D eigenvalue weighted by molar-refractivity contribution is 6.30. The molecule has 0 aliphatic rings. The Labute approximate surface area is 159 Å². The van der Waals surface area contributed by atoms with Crippen LogP contribution in [0.4, 0.5) is 0 Å². The van der Waals surface area contributed by atoms with Gasteiger partial charge in [0.05, 0.1) is 0 Å². The van der Waals surface area contributed by atoms with Gasteiger partial charge in [-0.25, -0.2) is 9.89 Å². The topological polar surface area (TPSA) is 88.1 Å². The molecule has 0 radical (unpaired) electrons. The van der Waals surface area contributed by atoms with E-state index in [1.165, 1.54) is 0 Å². The molecule has 0 aliphatic carbocycles. The number of carbonyl (C=O) groups is 1. The lowest BCUT2D eigenvalue weighted by Gasteiger charge is -2.18. The maximum Gasteiger partial charge on any atom is 0.359 e. The zero-order chi connectivity index (χ0) is 18.5. The Bertz CT molecular complexity index is 832. The Hall–Kier alpha value is -2.57. The molecule has 0 atom stereocenters. The van der Waals surface area contributed by atoms with Gasteiger partial charge in [0.25, 0.3) is 5.88 Å². The van der Waals surface area contributed by atoms with Crippen molar-refractivity contribution in [3.63, 3.8) is 0 Å². The molecular weight excluding hydrogens is 377 g/mol. The molecule has 0 fully saturated rings. The predicted molar refractivity (Wildman–Crippen MR) is 98.1 cm³/mol. The number of benzene rings is 2. The lowest BCUT2D eigenvalue weighted by Crippen LogP contribution is -2.23. The lowest BCUT2D eigenvalue weighted by molar-refractivity contribution is 0.0682. The Morgan fingerprint density at radius 1 is 1.00 bits per heavy atom. The molecule has 0 saturated heterocycles. The minimum atomic E-state index is -1.18. The molecule has 1 aromatic heterocycles. The summed E-state index contributed by atoms with van der Waals surface area (Å²) in [6.07, 6.45) is 0.748. The SMILES string of the molecule is O=C(O)c1[nH]nnc1OC(Cc1ccc(Cl)cc1)Cc1ccc(Cl)cc1. The number of carboxylic acids is 1. The van der Waals surface area contributed by atoms with Crippen LogP contribution >= 0.6 is 23.2 Å². The second kappa shape index (κ2) is 8.21. The first kappa shape index (κ1) is 18.2. The molecule has 2 aromatic carbocycles. The average Bonchev–Trinajstić information content (AvgIpc) is 3.07. The number of aromatic amines is 1. The summed E-state index contributed by atoms with van der Waals surface area (Å²) in [6.45, 7) is 0. The minimum absolute atomic E-state index is 0.0366. The number of hydrogen-bond acceptors (Lipinski definition) is 4. The first-order chi connectivity index (χ1) is 12.5. The summed E-state index contributed by atoms with van der Waals surface area (Å²) in [7, 11) is 0. The van der Waals surface area contributed by atoms with E-state index < -0.39 is 5.97 Å². The summed E-state index contributed by atoms with van der Waals surface area (Å²) in [5.74, 6) is -1.22. The molecule has 0 bridgehead atoms. The van der Waals surface area contributed by atoms with E-state index in [9.17, 15) is 9.90 Å². The highest BCUT2D eigenvalue weighted by Crippen LogP contribution is 2.20. The van der Waals surface area contributed by atoms with Crippen molar-refractivity contribution in [2.75, 3.05) is 0 Å². The first-order valence-electron chi connectivity index (χ1n) is 7.81. The van der Waals surface area contributed by atoms with Crippen molar-refractivity contribution in [2.45, 2.75) is 18.9 Å².